The lowest BCUT2D eigenvalue weighted by Gasteiger charge is -2.39. The van der Waals surface area contributed by atoms with Crippen molar-refractivity contribution in [1.82, 2.24) is 4.57 Å². The first kappa shape index (κ1) is 18.2. The van der Waals surface area contributed by atoms with Crippen LogP contribution in [0.4, 0.5) is 28.9 Å². The monoisotopic (exact) mass is 371 g/mol. The third-order valence-corrected chi connectivity index (χ3v) is 4.10. The molecule has 1 aliphatic rings. The van der Waals surface area contributed by atoms with E-state index in [1.165, 1.54) is 17.8 Å². The number of nitrogens with zero attached hydrogens (tertiary/aromatic N) is 1. The summed E-state index contributed by atoms with van der Waals surface area (Å²) in [5.74, 6) is -2.68. The molecule has 2 aromatic rings. The molecule has 2 N–H and O–H groups in total. The van der Waals surface area contributed by atoms with Crippen molar-refractivity contribution in [3.05, 3.63) is 47.3 Å². The molecule has 1 saturated heterocycles. The first-order valence-electron chi connectivity index (χ1n) is 7.80. The molecule has 1 aliphatic heterocycles. The zero-order chi connectivity index (χ0) is 19.1. The number of aromatic nitrogens is 1. The van der Waals surface area contributed by atoms with Gasteiger partial charge in [-0.1, -0.05) is 0 Å². The number of amides is 1. The molecule has 1 aromatic carbocycles. The second-order valence-electron chi connectivity index (χ2n) is 6.49. The van der Waals surface area contributed by atoms with E-state index in [1.54, 1.807) is 0 Å². The maximum atomic E-state index is 14.6. The number of carbonyl (C=O) groups excluding carboxylic acids is 1. The number of aryl methyl sites for hydroxylation is 1. The minimum absolute atomic E-state index is 0.0545. The van der Waals surface area contributed by atoms with E-state index in [4.69, 9.17) is 4.74 Å². The Hall–Kier alpha value is -2.55. The predicted octanol–water partition coefficient (Wildman–Crippen LogP) is 3.69. The lowest BCUT2D eigenvalue weighted by Crippen LogP contribution is -2.53. The van der Waals surface area contributed by atoms with Crippen LogP contribution in [0, 0.1) is 11.6 Å². The largest absolute Gasteiger partial charge is 0.376 e. The van der Waals surface area contributed by atoms with Gasteiger partial charge in [0.1, 0.15) is 11.5 Å². The van der Waals surface area contributed by atoms with Crippen LogP contribution >= 0.6 is 0 Å². The van der Waals surface area contributed by atoms with Gasteiger partial charge in [0.05, 0.1) is 30.0 Å². The van der Waals surface area contributed by atoms with E-state index < -0.39 is 35.1 Å². The van der Waals surface area contributed by atoms with Crippen LogP contribution in [0.5, 0.6) is 0 Å². The Morgan fingerprint density at radius 2 is 2.00 bits per heavy atom. The second-order valence-corrected chi connectivity index (χ2v) is 6.49. The highest BCUT2D eigenvalue weighted by Gasteiger charge is 2.35. The van der Waals surface area contributed by atoms with Crippen molar-refractivity contribution < 1.29 is 27.1 Å². The molecule has 9 heteroatoms. The maximum absolute atomic E-state index is 14.6. The fourth-order valence-corrected chi connectivity index (χ4v) is 2.73. The van der Waals surface area contributed by atoms with E-state index in [1.807, 2.05) is 6.92 Å². The highest BCUT2D eigenvalue weighted by atomic mass is 19.3. The van der Waals surface area contributed by atoms with Gasteiger partial charge in [0, 0.05) is 18.9 Å². The first-order valence-corrected chi connectivity index (χ1v) is 7.80. The van der Waals surface area contributed by atoms with Crippen molar-refractivity contribution in [1.29, 1.82) is 0 Å². The number of anilines is 2. The lowest BCUT2D eigenvalue weighted by molar-refractivity contribution is -0.0319. The lowest BCUT2D eigenvalue weighted by atomic mass is 10.0. The smallest absolute Gasteiger partial charge is 0.275 e. The molecule has 1 amide bonds. The second kappa shape index (κ2) is 6.64. The van der Waals surface area contributed by atoms with Crippen molar-refractivity contribution in [2.45, 2.75) is 18.9 Å². The average molecular weight is 371 g/mol. The SMILES string of the molecule is Cn1cc(NC2(C)COC2)c(F)c1C(=O)Nc1ccc(F)c(C(F)F)c1. The molecule has 0 spiro atoms. The molecule has 0 bridgehead atoms. The molecule has 0 radical (unpaired) electrons. The van der Waals surface area contributed by atoms with Gasteiger partial charge in [0.2, 0.25) is 0 Å². The Morgan fingerprint density at radius 1 is 1.31 bits per heavy atom. The number of benzene rings is 1. The summed E-state index contributed by atoms with van der Waals surface area (Å²) < 4.78 is 59.9. The molecule has 1 fully saturated rings. The maximum Gasteiger partial charge on any atom is 0.275 e. The molecule has 3 rings (SSSR count). The van der Waals surface area contributed by atoms with Crippen molar-refractivity contribution in [2.24, 2.45) is 7.05 Å². The summed E-state index contributed by atoms with van der Waals surface area (Å²) in [7, 11) is 1.48. The molecule has 26 heavy (non-hydrogen) atoms. The highest BCUT2D eigenvalue weighted by molar-refractivity contribution is 6.04. The quantitative estimate of drug-likeness (QED) is 0.788. The van der Waals surface area contributed by atoms with E-state index in [0.29, 0.717) is 13.2 Å². The standard InChI is InChI=1S/C17H17F4N3O2/c1-17(7-26-8-17)23-12-6-24(2)14(13(12)19)16(25)22-9-3-4-11(18)10(5-9)15(20)21/h3-6,15,23H,7-8H2,1-2H3,(H,22,25). The number of rotatable bonds is 5. The molecule has 0 saturated carbocycles. The summed E-state index contributed by atoms with van der Waals surface area (Å²) in [5, 5.41) is 5.30. The fraction of sp³-hybridized carbons (Fsp3) is 0.353. The van der Waals surface area contributed by atoms with Crippen LogP contribution in [0.2, 0.25) is 0 Å². The van der Waals surface area contributed by atoms with Gasteiger partial charge in [0.25, 0.3) is 12.3 Å². The van der Waals surface area contributed by atoms with E-state index in [9.17, 15) is 22.4 Å². The summed E-state index contributed by atoms with van der Waals surface area (Å²) in [6, 6.07) is 2.78. The van der Waals surface area contributed by atoms with Crippen LogP contribution in [0.3, 0.4) is 0 Å². The Balaban J connectivity index is 1.82. The molecular formula is C17H17F4N3O2. The van der Waals surface area contributed by atoms with E-state index in [-0.39, 0.29) is 17.1 Å². The topological polar surface area (TPSA) is 55.3 Å². The Morgan fingerprint density at radius 3 is 2.58 bits per heavy atom. The predicted molar refractivity (Wildman–Crippen MR) is 87.5 cm³/mol. The minimum atomic E-state index is -3.03. The third kappa shape index (κ3) is 3.39. The van der Waals surface area contributed by atoms with Crippen molar-refractivity contribution >= 4 is 17.3 Å². The Kier molecular flexibility index (Phi) is 4.66. The van der Waals surface area contributed by atoms with Gasteiger partial charge in [-0.15, -0.1) is 0 Å². The summed E-state index contributed by atoms with van der Waals surface area (Å²) >= 11 is 0. The Labute approximate surface area is 146 Å². The number of carbonyl (C=O) groups is 1. The zero-order valence-electron chi connectivity index (χ0n) is 14.1. The summed E-state index contributed by atoms with van der Waals surface area (Å²) in [4.78, 5) is 12.4. The molecule has 0 atom stereocenters. The van der Waals surface area contributed by atoms with Gasteiger partial charge in [0.15, 0.2) is 5.82 Å². The number of alkyl halides is 2. The van der Waals surface area contributed by atoms with Gasteiger partial charge < -0.3 is 19.9 Å². The van der Waals surface area contributed by atoms with E-state index >= 15 is 0 Å². The van der Waals surface area contributed by atoms with Crippen LogP contribution in [0.15, 0.2) is 24.4 Å². The van der Waals surface area contributed by atoms with Gasteiger partial charge in [-0.05, 0) is 25.1 Å². The van der Waals surface area contributed by atoms with Gasteiger partial charge in [-0.25, -0.2) is 17.6 Å². The molecule has 140 valence electrons. The molecule has 1 aromatic heterocycles. The number of halogens is 4. The van der Waals surface area contributed by atoms with Crippen LogP contribution in [0.25, 0.3) is 0 Å². The van der Waals surface area contributed by atoms with Crippen molar-refractivity contribution in [3.8, 4) is 0 Å². The molecule has 2 heterocycles. The summed E-state index contributed by atoms with van der Waals surface area (Å²) in [6.07, 6.45) is -1.61. The highest BCUT2D eigenvalue weighted by Crippen LogP contribution is 2.29. The van der Waals surface area contributed by atoms with E-state index in [0.717, 1.165) is 18.2 Å². The summed E-state index contributed by atoms with van der Waals surface area (Å²) in [6.45, 7) is 2.68. The fourth-order valence-electron chi connectivity index (χ4n) is 2.73. The zero-order valence-corrected chi connectivity index (χ0v) is 14.1. The summed E-state index contributed by atoms with van der Waals surface area (Å²) in [5.41, 5.74) is -1.45. The molecule has 5 nitrogen and oxygen atoms in total. The molecule has 0 aliphatic carbocycles. The molecule has 0 unspecified atom stereocenters. The first-order chi connectivity index (χ1) is 12.2. The van der Waals surface area contributed by atoms with Crippen LogP contribution in [-0.2, 0) is 11.8 Å². The van der Waals surface area contributed by atoms with Crippen molar-refractivity contribution in [3.63, 3.8) is 0 Å². The van der Waals surface area contributed by atoms with Crippen molar-refractivity contribution in [2.75, 3.05) is 23.8 Å². The average Bonchev–Trinajstić information content (AvgIpc) is 2.81. The van der Waals surface area contributed by atoms with E-state index in [2.05, 4.69) is 10.6 Å². The van der Waals surface area contributed by atoms with Gasteiger partial charge in [-0.3, -0.25) is 4.79 Å². The number of hydrogen-bond donors (Lipinski definition) is 2. The van der Waals surface area contributed by atoms with Crippen LogP contribution < -0.4 is 10.6 Å². The third-order valence-electron chi connectivity index (χ3n) is 4.10. The van der Waals surface area contributed by atoms with Crippen LogP contribution in [-0.4, -0.2) is 29.2 Å². The van der Waals surface area contributed by atoms with Gasteiger partial charge in [-0.2, -0.15) is 0 Å². The van der Waals surface area contributed by atoms with Gasteiger partial charge >= 0.3 is 0 Å². The number of hydrogen-bond acceptors (Lipinski definition) is 3. The number of nitrogens with one attached hydrogen (secondary N) is 2. The molecular weight excluding hydrogens is 354 g/mol. The normalized spacial score (nSPS) is 15.7. The minimum Gasteiger partial charge on any atom is -0.376 e. The van der Waals surface area contributed by atoms with Crippen LogP contribution in [0.1, 0.15) is 29.4 Å². The number of ether oxygens (including phenoxy) is 1. The Bertz CT molecular complexity index is 847.